The summed E-state index contributed by atoms with van der Waals surface area (Å²) >= 11 is 0. The predicted molar refractivity (Wildman–Crippen MR) is 125 cm³/mol. The molecule has 5 rings (SSSR count). The van der Waals surface area contributed by atoms with Gasteiger partial charge in [-0.15, -0.1) is 10.2 Å². The number of rotatable bonds is 6. The van der Waals surface area contributed by atoms with Crippen LogP contribution >= 0.6 is 0 Å². The van der Waals surface area contributed by atoms with Crippen LogP contribution in [0.15, 0.2) is 72.8 Å². The van der Waals surface area contributed by atoms with Gasteiger partial charge in [-0.25, -0.2) is 0 Å². The first-order valence-electron chi connectivity index (χ1n) is 10.3. The van der Waals surface area contributed by atoms with Gasteiger partial charge in [0.1, 0.15) is 5.75 Å². The first-order chi connectivity index (χ1) is 15.7. The van der Waals surface area contributed by atoms with Crippen molar-refractivity contribution in [3.8, 4) is 28.3 Å². The van der Waals surface area contributed by atoms with Gasteiger partial charge in [0, 0.05) is 28.9 Å². The van der Waals surface area contributed by atoms with E-state index < -0.39 is 0 Å². The van der Waals surface area contributed by atoms with Crippen LogP contribution in [0, 0.1) is 6.92 Å². The molecule has 158 valence electrons. The van der Waals surface area contributed by atoms with Crippen LogP contribution in [0.5, 0.6) is 5.75 Å². The first kappa shape index (κ1) is 19.7. The predicted octanol–water partition coefficient (Wildman–Crippen LogP) is 5.01. The average molecular weight is 422 g/mol. The fraction of sp³-hybridized carbons (Fsp3) is 0.120. The number of anilines is 1. The standard InChI is InChI=1S/C25H22N6O/c1-16-13-24(22-14-19(32-2)11-12-23(22)27-16)26-15-17-7-9-18(10-8-17)20-5-3-4-6-21(20)25-28-30-31-29-25/h3-14H,15H2,1-2H3,(H,26,27)(H,28,29,30,31). The third kappa shape index (κ3) is 3.88. The molecule has 0 fully saturated rings. The summed E-state index contributed by atoms with van der Waals surface area (Å²) in [6.07, 6.45) is 0. The molecule has 0 unspecified atom stereocenters. The highest BCUT2D eigenvalue weighted by Gasteiger charge is 2.11. The summed E-state index contributed by atoms with van der Waals surface area (Å²) in [6, 6.07) is 24.6. The number of nitrogens with zero attached hydrogens (tertiary/aromatic N) is 4. The van der Waals surface area contributed by atoms with Gasteiger partial charge in [-0.2, -0.15) is 5.21 Å². The van der Waals surface area contributed by atoms with Crippen molar-refractivity contribution in [2.75, 3.05) is 12.4 Å². The van der Waals surface area contributed by atoms with E-state index >= 15 is 0 Å². The highest BCUT2D eigenvalue weighted by Crippen LogP contribution is 2.30. The van der Waals surface area contributed by atoms with Gasteiger partial charge in [-0.3, -0.25) is 4.98 Å². The van der Waals surface area contributed by atoms with Crippen LogP contribution in [0.2, 0.25) is 0 Å². The highest BCUT2D eigenvalue weighted by atomic mass is 16.5. The Morgan fingerprint density at radius 1 is 0.938 bits per heavy atom. The molecular weight excluding hydrogens is 400 g/mol. The summed E-state index contributed by atoms with van der Waals surface area (Å²) in [4.78, 5) is 4.63. The van der Waals surface area contributed by atoms with E-state index in [1.54, 1.807) is 7.11 Å². The van der Waals surface area contributed by atoms with Crippen molar-refractivity contribution in [3.63, 3.8) is 0 Å². The normalized spacial score (nSPS) is 10.9. The van der Waals surface area contributed by atoms with E-state index in [-0.39, 0.29) is 0 Å². The number of benzene rings is 3. The van der Waals surface area contributed by atoms with Crippen molar-refractivity contribution >= 4 is 16.6 Å². The Hall–Kier alpha value is -4.26. The molecule has 7 heteroatoms. The van der Waals surface area contributed by atoms with Gasteiger partial charge in [0.25, 0.3) is 0 Å². The molecule has 5 aromatic rings. The summed E-state index contributed by atoms with van der Waals surface area (Å²) in [5.41, 5.74) is 7.25. The smallest absolute Gasteiger partial charge is 0.205 e. The Balaban J connectivity index is 1.39. The molecule has 2 N–H and O–H groups in total. The van der Waals surface area contributed by atoms with Crippen molar-refractivity contribution < 1.29 is 4.74 Å². The minimum Gasteiger partial charge on any atom is -0.497 e. The molecule has 0 spiro atoms. The Labute approximate surface area is 185 Å². The average Bonchev–Trinajstić information content (AvgIpc) is 3.37. The zero-order valence-electron chi connectivity index (χ0n) is 17.8. The summed E-state index contributed by atoms with van der Waals surface area (Å²) in [5.74, 6) is 1.40. The third-order valence-electron chi connectivity index (χ3n) is 5.41. The SMILES string of the molecule is COc1ccc2nc(C)cc(NCc3ccc(-c4ccccc4-c4nn[nH]n4)cc3)c2c1. The molecule has 0 aliphatic heterocycles. The number of ether oxygens (including phenoxy) is 1. The second-order valence-electron chi connectivity index (χ2n) is 7.53. The zero-order valence-corrected chi connectivity index (χ0v) is 17.8. The van der Waals surface area contributed by atoms with E-state index in [9.17, 15) is 0 Å². The van der Waals surface area contributed by atoms with Gasteiger partial charge in [0.05, 0.1) is 12.6 Å². The van der Waals surface area contributed by atoms with Gasteiger partial charge < -0.3 is 10.1 Å². The molecule has 0 amide bonds. The summed E-state index contributed by atoms with van der Waals surface area (Å²) in [5, 5.41) is 19.1. The van der Waals surface area contributed by atoms with E-state index in [0.717, 1.165) is 44.7 Å². The zero-order chi connectivity index (χ0) is 21.9. The number of H-pyrrole nitrogens is 1. The summed E-state index contributed by atoms with van der Waals surface area (Å²) < 4.78 is 5.39. The number of tetrazole rings is 1. The van der Waals surface area contributed by atoms with Gasteiger partial charge in [-0.1, -0.05) is 48.5 Å². The minimum absolute atomic E-state index is 0.585. The number of fused-ring (bicyclic) bond motifs is 1. The van der Waals surface area contributed by atoms with E-state index in [1.165, 1.54) is 5.56 Å². The lowest BCUT2D eigenvalue weighted by molar-refractivity contribution is 0.415. The lowest BCUT2D eigenvalue weighted by Crippen LogP contribution is -2.01. The van der Waals surface area contributed by atoms with Crippen LogP contribution in [0.4, 0.5) is 5.69 Å². The van der Waals surface area contributed by atoms with E-state index in [1.807, 2.05) is 43.3 Å². The molecule has 0 bridgehead atoms. The molecule has 0 saturated carbocycles. The Bertz CT molecular complexity index is 1360. The fourth-order valence-electron chi connectivity index (χ4n) is 3.82. The lowest BCUT2D eigenvalue weighted by Gasteiger charge is -2.13. The second-order valence-corrected chi connectivity index (χ2v) is 7.53. The number of aromatic amines is 1. The quantitative estimate of drug-likeness (QED) is 0.400. The van der Waals surface area contributed by atoms with E-state index in [2.05, 4.69) is 67.3 Å². The number of pyridine rings is 1. The van der Waals surface area contributed by atoms with Crippen molar-refractivity contribution in [1.82, 2.24) is 25.6 Å². The Morgan fingerprint density at radius 2 is 1.75 bits per heavy atom. The Morgan fingerprint density at radius 3 is 2.50 bits per heavy atom. The van der Waals surface area contributed by atoms with Crippen molar-refractivity contribution in [2.45, 2.75) is 13.5 Å². The molecule has 2 heterocycles. The molecule has 2 aromatic heterocycles. The molecule has 7 nitrogen and oxygen atoms in total. The summed E-state index contributed by atoms with van der Waals surface area (Å²) in [6.45, 7) is 2.70. The largest absolute Gasteiger partial charge is 0.497 e. The van der Waals surface area contributed by atoms with Crippen LogP contribution in [-0.2, 0) is 6.54 Å². The molecule has 0 radical (unpaired) electrons. The van der Waals surface area contributed by atoms with Crippen molar-refractivity contribution in [1.29, 1.82) is 0 Å². The van der Waals surface area contributed by atoms with E-state index in [0.29, 0.717) is 12.4 Å². The Kier molecular flexibility index (Phi) is 5.21. The summed E-state index contributed by atoms with van der Waals surface area (Å²) in [7, 11) is 1.67. The molecule has 3 aromatic carbocycles. The molecule has 0 aliphatic rings. The van der Waals surface area contributed by atoms with Crippen LogP contribution in [0.3, 0.4) is 0 Å². The monoisotopic (exact) mass is 422 g/mol. The van der Waals surface area contributed by atoms with Crippen LogP contribution in [0.25, 0.3) is 33.4 Å². The van der Waals surface area contributed by atoms with Crippen LogP contribution in [0.1, 0.15) is 11.3 Å². The molecule has 32 heavy (non-hydrogen) atoms. The van der Waals surface area contributed by atoms with Gasteiger partial charge in [-0.05, 0) is 53.1 Å². The molecule has 0 saturated heterocycles. The van der Waals surface area contributed by atoms with Crippen molar-refractivity contribution in [3.05, 3.63) is 84.1 Å². The number of nitrogens with one attached hydrogen (secondary N) is 2. The maximum Gasteiger partial charge on any atom is 0.205 e. The molecule has 0 aliphatic carbocycles. The second kappa shape index (κ2) is 8.47. The number of hydrogen-bond donors (Lipinski definition) is 2. The first-order valence-corrected chi connectivity index (χ1v) is 10.3. The number of aryl methyl sites for hydroxylation is 1. The van der Waals surface area contributed by atoms with Crippen LogP contribution in [-0.4, -0.2) is 32.7 Å². The number of hydrogen-bond acceptors (Lipinski definition) is 6. The van der Waals surface area contributed by atoms with Crippen LogP contribution < -0.4 is 10.1 Å². The highest BCUT2D eigenvalue weighted by molar-refractivity contribution is 5.92. The van der Waals surface area contributed by atoms with Gasteiger partial charge in [0.15, 0.2) is 0 Å². The number of methoxy groups -OCH3 is 1. The van der Waals surface area contributed by atoms with E-state index in [4.69, 9.17) is 4.74 Å². The topological polar surface area (TPSA) is 88.6 Å². The maximum atomic E-state index is 5.39. The van der Waals surface area contributed by atoms with Gasteiger partial charge in [0.2, 0.25) is 5.82 Å². The van der Waals surface area contributed by atoms with Crippen molar-refractivity contribution in [2.24, 2.45) is 0 Å². The van der Waals surface area contributed by atoms with Gasteiger partial charge >= 0.3 is 0 Å². The molecular formula is C25H22N6O. The number of aromatic nitrogens is 5. The minimum atomic E-state index is 0.585. The fourth-order valence-corrected chi connectivity index (χ4v) is 3.82. The lowest BCUT2D eigenvalue weighted by atomic mass is 9.98. The maximum absolute atomic E-state index is 5.39. The third-order valence-corrected chi connectivity index (χ3v) is 5.41. The molecule has 0 atom stereocenters.